The van der Waals surface area contributed by atoms with Crippen molar-refractivity contribution in [2.45, 2.75) is 19.5 Å². The molecule has 0 aliphatic carbocycles. The first-order valence-corrected chi connectivity index (χ1v) is 6.39. The zero-order chi connectivity index (χ0) is 13.1. The van der Waals surface area contributed by atoms with Crippen LogP contribution in [0.15, 0.2) is 55.1 Å². The van der Waals surface area contributed by atoms with Crippen molar-refractivity contribution < 1.29 is 0 Å². The van der Waals surface area contributed by atoms with E-state index in [9.17, 15) is 0 Å². The van der Waals surface area contributed by atoms with E-state index >= 15 is 0 Å². The molecule has 3 aromatic heterocycles. The second-order valence-corrected chi connectivity index (χ2v) is 4.58. The summed E-state index contributed by atoms with van der Waals surface area (Å²) >= 11 is 0. The molecule has 0 unspecified atom stereocenters. The highest BCUT2D eigenvalue weighted by molar-refractivity contribution is 5.39. The maximum atomic E-state index is 4.57. The molecule has 19 heavy (non-hydrogen) atoms. The van der Waals surface area contributed by atoms with Crippen LogP contribution in [0.25, 0.3) is 5.65 Å². The summed E-state index contributed by atoms with van der Waals surface area (Å²) < 4.78 is 2.04. The zero-order valence-corrected chi connectivity index (χ0v) is 10.8. The van der Waals surface area contributed by atoms with Crippen molar-refractivity contribution in [3.8, 4) is 0 Å². The SMILES string of the molecule is C[C@H](NCc1cn2ccccc2n1)c1ccncc1. The minimum atomic E-state index is 0.285. The maximum Gasteiger partial charge on any atom is 0.137 e. The van der Waals surface area contributed by atoms with Crippen LogP contribution < -0.4 is 5.32 Å². The van der Waals surface area contributed by atoms with E-state index in [2.05, 4.69) is 28.4 Å². The van der Waals surface area contributed by atoms with Gasteiger partial charge in [0, 0.05) is 37.4 Å². The van der Waals surface area contributed by atoms with Gasteiger partial charge in [-0.3, -0.25) is 4.98 Å². The Labute approximate surface area is 112 Å². The van der Waals surface area contributed by atoms with E-state index < -0.39 is 0 Å². The van der Waals surface area contributed by atoms with Gasteiger partial charge in [-0.2, -0.15) is 0 Å². The van der Waals surface area contributed by atoms with Gasteiger partial charge in [-0.25, -0.2) is 4.98 Å². The maximum absolute atomic E-state index is 4.57. The number of hydrogen-bond acceptors (Lipinski definition) is 3. The van der Waals surface area contributed by atoms with E-state index in [1.54, 1.807) is 0 Å². The van der Waals surface area contributed by atoms with Crippen LogP contribution in [0.2, 0.25) is 0 Å². The molecule has 4 heteroatoms. The first kappa shape index (κ1) is 11.9. The Kier molecular flexibility index (Phi) is 3.25. The van der Waals surface area contributed by atoms with Crippen LogP contribution in [0.5, 0.6) is 0 Å². The van der Waals surface area contributed by atoms with Gasteiger partial charge in [0.1, 0.15) is 5.65 Å². The standard InChI is InChI=1S/C15H16N4/c1-12(13-5-7-16-8-6-13)17-10-14-11-19-9-3-2-4-15(19)18-14/h2-9,11-12,17H,10H2,1H3/t12-/m0/s1. The molecule has 0 saturated carbocycles. The lowest BCUT2D eigenvalue weighted by atomic mass is 10.1. The molecule has 4 nitrogen and oxygen atoms in total. The van der Waals surface area contributed by atoms with Crippen molar-refractivity contribution in [3.05, 3.63) is 66.4 Å². The van der Waals surface area contributed by atoms with E-state index in [0.29, 0.717) is 0 Å². The number of aromatic nitrogens is 3. The molecule has 0 spiro atoms. The summed E-state index contributed by atoms with van der Waals surface area (Å²) in [6.45, 7) is 2.90. The topological polar surface area (TPSA) is 42.2 Å². The van der Waals surface area contributed by atoms with E-state index in [1.807, 2.05) is 53.3 Å². The van der Waals surface area contributed by atoms with Crippen molar-refractivity contribution in [2.24, 2.45) is 0 Å². The molecule has 0 aliphatic rings. The second-order valence-electron chi connectivity index (χ2n) is 4.58. The molecule has 3 rings (SSSR count). The minimum absolute atomic E-state index is 0.285. The van der Waals surface area contributed by atoms with E-state index in [0.717, 1.165) is 17.9 Å². The highest BCUT2D eigenvalue weighted by Gasteiger charge is 2.06. The van der Waals surface area contributed by atoms with Gasteiger partial charge in [-0.15, -0.1) is 0 Å². The van der Waals surface area contributed by atoms with Crippen LogP contribution >= 0.6 is 0 Å². The van der Waals surface area contributed by atoms with Crippen molar-refractivity contribution in [3.63, 3.8) is 0 Å². The van der Waals surface area contributed by atoms with Crippen LogP contribution in [-0.4, -0.2) is 14.4 Å². The summed E-state index contributed by atoms with van der Waals surface area (Å²) in [5, 5.41) is 3.47. The summed E-state index contributed by atoms with van der Waals surface area (Å²) in [5.74, 6) is 0. The van der Waals surface area contributed by atoms with Gasteiger partial charge in [0.15, 0.2) is 0 Å². The van der Waals surface area contributed by atoms with Gasteiger partial charge in [0.2, 0.25) is 0 Å². The van der Waals surface area contributed by atoms with Gasteiger partial charge in [0.25, 0.3) is 0 Å². The molecule has 0 aromatic carbocycles. The predicted molar refractivity (Wildman–Crippen MR) is 74.7 cm³/mol. The molecule has 96 valence electrons. The Morgan fingerprint density at radius 1 is 1.21 bits per heavy atom. The molecule has 1 atom stereocenters. The van der Waals surface area contributed by atoms with Crippen molar-refractivity contribution in [1.29, 1.82) is 0 Å². The normalized spacial score (nSPS) is 12.7. The highest BCUT2D eigenvalue weighted by Crippen LogP contribution is 2.11. The fourth-order valence-electron chi connectivity index (χ4n) is 2.10. The summed E-state index contributed by atoms with van der Waals surface area (Å²) in [6, 6.07) is 10.4. The molecule has 0 bridgehead atoms. The third-order valence-corrected chi connectivity index (χ3v) is 3.21. The lowest BCUT2D eigenvalue weighted by Crippen LogP contribution is -2.18. The Morgan fingerprint density at radius 2 is 2.05 bits per heavy atom. The molecule has 0 radical (unpaired) electrons. The Bertz CT molecular complexity index is 627. The fraction of sp³-hybridized carbons (Fsp3) is 0.200. The number of imidazole rings is 1. The number of fused-ring (bicyclic) bond motifs is 1. The summed E-state index contributed by atoms with van der Waals surface area (Å²) in [6.07, 6.45) is 7.70. The first-order chi connectivity index (χ1) is 9.33. The molecule has 0 amide bonds. The Morgan fingerprint density at radius 3 is 2.84 bits per heavy atom. The van der Waals surface area contributed by atoms with Crippen LogP contribution in [0.4, 0.5) is 0 Å². The summed E-state index contributed by atoms with van der Waals surface area (Å²) in [7, 11) is 0. The van der Waals surface area contributed by atoms with Gasteiger partial charge in [0.05, 0.1) is 5.69 Å². The van der Waals surface area contributed by atoms with E-state index in [1.165, 1.54) is 5.56 Å². The van der Waals surface area contributed by atoms with E-state index in [-0.39, 0.29) is 6.04 Å². The number of nitrogens with one attached hydrogen (secondary N) is 1. The summed E-state index contributed by atoms with van der Waals surface area (Å²) in [5.41, 5.74) is 3.27. The smallest absolute Gasteiger partial charge is 0.137 e. The molecule has 3 aromatic rings. The van der Waals surface area contributed by atoms with Crippen LogP contribution in [0.3, 0.4) is 0 Å². The average molecular weight is 252 g/mol. The quantitative estimate of drug-likeness (QED) is 0.776. The van der Waals surface area contributed by atoms with Crippen molar-refractivity contribution in [1.82, 2.24) is 19.7 Å². The average Bonchev–Trinajstić information content (AvgIpc) is 2.88. The van der Waals surface area contributed by atoms with Gasteiger partial charge < -0.3 is 9.72 Å². The fourth-order valence-corrected chi connectivity index (χ4v) is 2.10. The number of nitrogens with zero attached hydrogens (tertiary/aromatic N) is 3. The van der Waals surface area contributed by atoms with Crippen LogP contribution in [0.1, 0.15) is 24.2 Å². The van der Waals surface area contributed by atoms with E-state index in [4.69, 9.17) is 0 Å². The molecular formula is C15H16N4. The molecule has 0 fully saturated rings. The van der Waals surface area contributed by atoms with Gasteiger partial charge >= 0.3 is 0 Å². The first-order valence-electron chi connectivity index (χ1n) is 6.39. The third kappa shape index (κ3) is 2.63. The van der Waals surface area contributed by atoms with Gasteiger partial charge in [-0.1, -0.05) is 6.07 Å². The molecule has 0 saturated heterocycles. The van der Waals surface area contributed by atoms with Crippen LogP contribution in [0, 0.1) is 0 Å². The predicted octanol–water partition coefficient (Wildman–Crippen LogP) is 2.58. The van der Waals surface area contributed by atoms with Crippen molar-refractivity contribution in [2.75, 3.05) is 0 Å². The summed E-state index contributed by atoms with van der Waals surface area (Å²) in [4.78, 5) is 8.60. The van der Waals surface area contributed by atoms with Crippen molar-refractivity contribution >= 4 is 5.65 Å². The Hall–Kier alpha value is -2.20. The van der Waals surface area contributed by atoms with Gasteiger partial charge in [-0.05, 0) is 36.8 Å². The molecular weight excluding hydrogens is 236 g/mol. The number of rotatable bonds is 4. The number of hydrogen-bond donors (Lipinski definition) is 1. The lowest BCUT2D eigenvalue weighted by molar-refractivity contribution is 0.568. The second kappa shape index (κ2) is 5.20. The zero-order valence-electron chi connectivity index (χ0n) is 10.8. The van der Waals surface area contributed by atoms with Crippen LogP contribution in [-0.2, 0) is 6.54 Å². The monoisotopic (exact) mass is 252 g/mol. The number of pyridine rings is 2. The lowest BCUT2D eigenvalue weighted by Gasteiger charge is -2.12. The Balaban J connectivity index is 1.69. The minimum Gasteiger partial charge on any atom is -0.307 e. The highest BCUT2D eigenvalue weighted by atomic mass is 15.0. The largest absolute Gasteiger partial charge is 0.307 e. The molecule has 0 aliphatic heterocycles. The molecule has 1 N–H and O–H groups in total. The molecule has 3 heterocycles. The third-order valence-electron chi connectivity index (χ3n) is 3.21.